The Kier molecular flexibility index (Phi) is 6.44. The van der Waals surface area contributed by atoms with Crippen LogP contribution in [-0.2, 0) is 4.79 Å². The summed E-state index contributed by atoms with van der Waals surface area (Å²) in [5.74, 6) is -0.357. The van der Waals surface area contributed by atoms with Crippen molar-refractivity contribution in [2.45, 2.75) is 44.2 Å². The lowest BCUT2D eigenvalue weighted by atomic mass is 9.95. The molecule has 0 spiro atoms. The SMILES string of the molecule is O=C(NC1CCCCC1)[C@@H](c1ccco1)N(C(=O)c1csnn1)c1ccc(Cl)cc1. The standard InChI is InChI=1S/C21H21ClN4O3S/c22-14-8-10-16(11-9-14)26(21(28)17-13-30-25-24-17)19(18-7-4-12-29-18)20(27)23-15-5-2-1-3-6-15/h4,7-13,15,19H,1-3,5-6H2,(H,23,27)/t19-/m1/s1. The topological polar surface area (TPSA) is 88.3 Å². The van der Waals surface area contributed by atoms with Crippen LogP contribution < -0.4 is 10.2 Å². The van der Waals surface area contributed by atoms with Gasteiger partial charge in [-0.2, -0.15) is 0 Å². The van der Waals surface area contributed by atoms with Gasteiger partial charge < -0.3 is 9.73 Å². The van der Waals surface area contributed by atoms with Crippen LogP contribution in [0, 0.1) is 0 Å². The number of benzene rings is 1. The van der Waals surface area contributed by atoms with Crippen LogP contribution in [0.5, 0.6) is 0 Å². The summed E-state index contributed by atoms with van der Waals surface area (Å²) < 4.78 is 9.38. The van der Waals surface area contributed by atoms with Crippen LogP contribution in [-0.4, -0.2) is 27.4 Å². The minimum absolute atomic E-state index is 0.0896. The minimum Gasteiger partial charge on any atom is -0.467 e. The molecule has 156 valence electrons. The number of nitrogens with one attached hydrogen (secondary N) is 1. The Morgan fingerprint density at radius 2 is 1.93 bits per heavy atom. The summed E-state index contributed by atoms with van der Waals surface area (Å²) in [7, 11) is 0. The molecule has 1 aromatic carbocycles. The van der Waals surface area contributed by atoms with Crippen molar-refractivity contribution in [3.05, 3.63) is 64.5 Å². The van der Waals surface area contributed by atoms with Crippen molar-refractivity contribution in [1.82, 2.24) is 14.9 Å². The van der Waals surface area contributed by atoms with Gasteiger partial charge in [-0.3, -0.25) is 14.5 Å². The Balaban J connectivity index is 1.73. The van der Waals surface area contributed by atoms with Crippen molar-refractivity contribution in [1.29, 1.82) is 0 Å². The fourth-order valence-electron chi connectivity index (χ4n) is 3.71. The maximum atomic E-state index is 13.4. The molecule has 2 aromatic heterocycles. The van der Waals surface area contributed by atoms with E-state index in [1.165, 1.54) is 17.6 Å². The predicted octanol–water partition coefficient (Wildman–Crippen LogP) is 4.62. The third kappa shape index (κ3) is 4.55. The monoisotopic (exact) mass is 444 g/mol. The van der Waals surface area contributed by atoms with Gasteiger partial charge in [-0.25, -0.2) is 0 Å². The molecule has 0 bridgehead atoms. The van der Waals surface area contributed by atoms with Crippen LogP contribution in [0.15, 0.2) is 52.5 Å². The molecular formula is C21H21ClN4O3S. The second-order valence-corrected chi connectivity index (χ2v) is 8.25. The van der Waals surface area contributed by atoms with Gasteiger partial charge in [-0.05, 0) is 60.8 Å². The Bertz CT molecular complexity index is 970. The fraction of sp³-hybridized carbons (Fsp3) is 0.333. The molecule has 30 heavy (non-hydrogen) atoms. The van der Waals surface area contributed by atoms with E-state index in [-0.39, 0.29) is 17.6 Å². The number of halogens is 1. The number of aromatic nitrogens is 2. The van der Waals surface area contributed by atoms with Crippen molar-refractivity contribution < 1.29 is 14.0 Å². The van der Waals surface area contributed by atoms with Crippen molar-refractivity contribution in [3.63, 3.8) is 0 Å². The Hall–Kier alpha value is -2.71. The van der Waals surface area contributed by atoms with Crippen molar-refractivity contribution in [2.75, 3.05) is 4.90 Å². The number of anilines is 1. The highest BCUT2D eigenvalue weighted by Crippen LogP contribution is 2.31. The lowest BCUT2D eigenvalue weighted by molar-refractivity contribution is -0.123. The highest BCUT2D eigenvalue weighted by atomic mass is 35.5. The molecule has 3 aromatic rings. The summed E-state index contributed by atoms with van der Waals surface area (Å²) in [6.07, 6.45) is 6.70. The van der Waals surface area contributed by atoms with Gasteiger partial charge >= 0.3 is 0 Å². The molecule has 9 heteroatoms. The van der Waals surface area contributed by atoms with Gasteiger partial charge in [0.1, 0.15) is 5.76 Å². The van der Waals surface area contributed by atoms with E-state index in [0.717, 1.165) is 37.2 Å². The number of furan rings is 1. The molecule has 1 aliphatic rings. The highest BCUT2D eigenvalue weighted by molar-refractivity contribution is 7.03. The Labute approximate surface area is 183 Å². The van der Waals surface area contributed by atoms with E-state index in [4.69, 9.17) is 16.0 Å². The maximum Gasteiger partial charge on any atom is 0.280 e. The van der Waals surface area contributed by atoms with Crippen LogP contribution in [0.2, 0.25) is 5.02 Å². The first-order valence-electron chi connectivity index (χ1n) is 9.83. The molecular weight excluding hydrogens is 424 g/mol. The van der Waals surface area contributed by atoms with Gasteiger partial charge in [0.2, 0.25) is 0 Å². The van der Waals surface area contributed by atoms with Gasteiger partial charge in [0, 0.05) is 22.1 Å². The van der Waals surface area contributed by atoms with Gasteiger partial charge in [-0.15, -0.1) is 5.10 Å². The van der Waals surface area contributed by atoms with Crippen molar-refractivity contribution >= 4 is 40.6 Å². The smallest absolute Gasteiger partial charge is 0.280 e. The number of carbonyl (C=O) groups is 2. The number of nitrogens with zero attached hydrogens (tertiary/aromatic N) is 3. The fourth-order valence-corrected chi connectivity index (χ4v) is 4.27. The summed E-state index contributed by atoms with van der Waals surface area (Å²) >= 11 is 7.12. The van der Waals surface area contributed by atoms with Crippen LogP contribution in [0.3, 0.4) is 0 Å². The van der Waals surface area contributed by atoms with Crippen LogP contribution in [0.25, 0.3) is 0 Å². The van der Waals surface area contributed by atoms with Gasteiger partial charge in [-0.1, -0.05) is 35.4 Å². The van der Waals surface area contributed by atoms with E-state index < -0.39 is 11.9 Å². The zero-order valence-electron chi connectivity index (χ0n) is 16.2. The second-order valence-electron chi connectivity index (χ2n) is 7.20. The van der Waals surface area contributed by atoms with Crippen LogP contribution >= 0.6 is 23.1 Å². The van der Waals surface area contributed by atoms with Crippen molar-refractivity contribution in [2.24, 2.45) is 0 Å². The molecule has 2 amide bonds. The average molecular weight is 445 g/mol. The quantitative estimate of drug-likeness (QED) is 0.599. The van der Waals surface area contributed by atoms with Gasteiger partial charge in [0.05, 0.1) is 6.26 Å². The lowest BCUT2D eigenvalue weighted by Gasteiger charge is -2.31. The summed E-state index contributed by atoms with van der Waals surface area (Å²) in [5.41, 5.74) is 0.676. The molecule has 0 saturated heterocycles. The Morgan fingerprint density at radius 3 is 2.57 bits per heavy atom. The maximum absolute atomic E-state index is 13.4. The minimum atomic E-state index is -0.989. The van der Waals surface area contributed by atoms with E-state index in [2.05, 4.69) is 14.9 Å². The molecule has 1 atom stereocenters. The van der Waals surface area contributed by atoms with E-state index in [1.807, 2.05) is 0 Å². The zero-order chi connectivity index (χ0) is 20.9. The first-order chi connectivity index (χ1) is 14.6. The summed E-state index contributed by atoms with van der Waals surface area (Å²) in [5, 5.41) is 9.11. The number of hydrogen-bond donors (Lipinski definition) is 1. The highest BCUT2D eigenvalue weighted by Gasteiger charge is 2.37. The van der Waals surface area contributed by atoms with Crippen LogP contribution in [0.4, 0.5) is 5.69 Å². The first kappa shape index (κ1) is 20.6. The lowest BCUT2D eigenvalue weighted by Crippen LogP contribution is -2.47. The zero-order valence-corrected chi connectivity index (χ0v) is 17.7. The van der Waals surface area contributed by atoms with E-state index in [0.29, 0.717) is 16.5 Å². The van der Waals surface area contributed by atoms with Crippen LogP contribution in [0.1, 0.15) is 54.4 Å². The number of rotatable bonds is 6. The van der Waals surface area contributed by atoms with E-state index in [9.17, 15) is 9.59 Å². The largest absolute Gasteiger partial charge is 0.467 e. The van der Waals surface area contributed by atoms with Crippen molar-refractivity contribution in [3.8, 4) is 0 Å². The van der Waals surface area contributed by atoms with E-state index >= 15 is 0 Å². The molecule has 1 aliphatic carbocycles. The molecule has 2 heterocycles. The van der Waals surface area contributed by atoms with E-state index in [1.54, 1.807) is 41.8 Å². The van der Waals surface area contributed by atoms with Gasteiger partial charge in [0.15, 0.2) is 11.7 Å². The molecule has 7 nitrogen and oxygen atoms in total. The molecule has 0 aliphatic heterocycles. The third-order valence-electron chi connectivity index (χ3n) is 5.17. The summed E-state index contributed by atoms with van der Waals surface area (Å²) in [6.45, 7) is 0. The number of amides is 2. The molecule has 1 saturated carbocycles. The first-order valence-corrected chi connectivity index (χ1v) is 11.0. The normalized spacial score (nSPS) is 15.5. The summed E-state index contributed by atoms with van der Waals surface area (Å²) in [6, 6.07) is 9.24. The molecule has 1 N–H and O–H groups in total. The second kappa shape index (κ2) is 9.40. The molecule has 0 unspecified atom stereocenters. The molecule has 1 fully saturated rings. The summed E-state index contributed by atoms with van der Waals surface area (Å²) in [4.78, 5) is 28.2. The Morgan fingerprint density at radius 1 is 1.17 bits per heavy atom. The predicted molar refractivity (Wildman–Crippen MR) is 115 cm³/mol. The molecule has 4 rings (SSSR count). The molecule has 0 radical (unpaired) electrons. The average Bonchev–Trinajstić information content (AvgIpc) is 3.47. The number of hydrogen-bond acceptors (Lipinski definition) is 6. The third-order valence-corrected chi connectivity index (χ3v) is 5.93. The van der Waals surface area contributed by atoms with Gasteiger partial charge in [0.25, 0.3) is 11.8 Å². The number of carbonyl (C=O) groups excluding carboxylic acids is 2.